The first-order chi connectivity index (χ1) is 5.25. The molecule has 0 bridgehead atoms. The molecule has 0 aromatic rings. The van der Waals surface area contributed by atoms with Crippen molar-refractivity contribution < 1.29 is 4.74 Å². The van der Waals surface area contributed by atoms with E-state index in [1.165, 1.54) is 0 Å². The maximum atomic E-state index is 5.58. The quantitative estimate of drug-likeness (QED) is 0.617. The van der Waals surface area contributed by atoms with Crippen LogP contribution in [0.25, 0.3) is 0 Å². The van der Waals surface area contributed by atoms with Crippen molar-refractivity contribution in [3.05, 3.63) is 0 Å². The monoisotopic (exact) mass is 158 g/mol. The lowest BCUT2D eigenvalue weighted by Gasteiger charge is -2.37. The fourth-order valence-electron chi connectivity index (χ4n) is 1.53. The van der Waals surface area contributed by atoms with Gasteiger partial charge < -0.3 is 10.5 Å². The lowest BCUT2D eigenvalue weighted by Crippen LogP contribution is -2.50. The molecule has 0 spiro atoms. The van der Waals surface area contributed by atoms with Gasteiger partial charge in [-0.05, 0) is 13.8 Å². The van der Waals surface area contributed by atoms with Crippen molar-refractivity contribution in [3.63, 3.8) is 0 Å². The summed E-state index contributed by atoms with van der Waals surface area (Å²) in [5, 5.41) is 0. The summed E-state index contributed by atoms with van der Waals surface area (Å²) in [5.41, 5.74) is 5.58. The average Bonchev–Trinajstić information content (AvgIpc) is 2.04. The molecule has 1 fully saturated rings. The largest absolute Gasteiger partial charge is 0.379 e. The summed E-state index contributed by atoms with van der Waals surface area (Å²) < 4.78 is 5.32. The zero-order chi connectivity index (χ0) is 8.27. The van der Waals surface area contributed by atoms with E-state index in [2.05, 4.69) is 18.7 Å². The molecule has 1 saturated heterocycles. The van der Waals surface area contributed by atoms with Crippen molar-refractivity contribution in [3.8, 4) is 0 Å². The van der Waals surface area contributed by atoms with Gasteiger partial charge in [0, 0.05) is 25.2 Å². The smallest absolute Gasteiger partial charge is 0.0619 e. The van der Waals surface area contributed by atoms with Gasteiger partial charge in [0.25, 0.3) is 0 Å². The molecule has 1 aliphatic rings. The molecule has 1 heterocycles. The van der Waals surface area contributed by atoms with E-state index in [1.54, 1.807) is 0 Å². The van der Waals surface area contributed by atoms with E-state index in [0.29, 0.717) is 12.1 Å². The van der Waals surface area contributed by atoms with Gasteiger partial charge in [0.2, 0.25) is 0 Å². The summed E-state index contributed by atoms with van der Waals surface area (Å²) >= 11 is 0. The van der Waals surface area contributed by atoms with Gasteiger partial charge in [-0.1, -0.05) is 0 Å². The number of nitrogens with two attached hydrogens (primary N) is 1. The minimum atomic E-state index is 0.494. The first kappa shape index (κ1) is 8.97. The molecular weight excluding hydrogens is 140 g/mol. The van der Waals surface area contributed by atoms with Crippen molar-refractivity contribution in [1.29, 1.82) is 0 Å². The van der Waals surface area contributed by atoms with Gasteiger partial charge in [-0.15, -0.1) is 0 Å². The van der Waals surface area contributed by atoms with Crippen molar-refractivity contribution in [2.75, 3.05) is 26.3 Å². The van der Waals surface area contributed by atoms with Gasteiger partial charge >= 0.3 is 0 Å². The van der Waals surface area contributed by atoms with E-state index >= 15 is 0 Å². The van der Waals surface area contributed by atoms with Gasteiger partial charge in [-0.2, -0.15) is 0 Å². The van der Waals surface area contributed by atoms with Gasteiger partial charge in [-0.25, -0.2) is 0 Å². The SMILES string of the molecule is C[C@H](CN)N1CCOC[C@@H]1C. The minimum Gasteiger partial charge on any atom is -0.379 e. The number of hydrogen-bond acceptors (Lipinski definition) is 3. The van der Waals surface area contributed by atoms with Crippen LogP contribution in [0.1, 0.15) is 13.8 Å². The third-order valence-corrected chi connectivity index (χ3v) is 2.33. The molecular formula is C8H18N2O. The number of ether oxygens (including phenoxy) is 1. The summed E-state index contributed by atoms with van der Waals surface area (Å²) in [7, 11) is 0. The molecule has 3 heteroatoms. The van der Waals surface area contributed by atoms with Crippen LogP contribution in [0.4, 0.5) is 0 Å². The molecule has 0 amide bonds. The van der Waals surface area contributed by atoms with Crippen LogP contribution in [-0.2, 0) is 4.74 Å². The van der Waals surface area contributed by atoms with Crippen molar-refractivity contribution in [2.24, 2.45) is 5.73 Å². The fraction of sp³-hybridized carbons (Fsp3) is 1.00. The highest BCUT2D eigenvalue weighted by Gasteiger charge is 2.22. The standard InChI is InChI=1S/C8H18N2O/c1-7(5-9)10-3-4-11-6-8(10)2/h7-8H,3-6,9H2,1-2H3/t7-,8+/m1/s1. The average molecular weight is 158 g/mol. The molecule has 0 aliphatic carbocycles. The summed E-state index contributed by atoms with van der Waals surface area (Å²) in [6.07, 6.45) is 0. The predicted octanol–water partition coefficient (Wildman–Crippen LogP) is 0.0543. The highest BCUT2D eigenvalue weighted by Crippen LogP contribution is 2.09. The lowest BCUT2D eigenvalue weighted by molar-refractivity contribution is -0.0166. The third-order valence-electron chi connectivity index (χ3n) is 2.33. The van der Waals surface area contributed by atoms with E-state index < -0.39 is 0 Å². The molecule has 1 aliphatic heterocycles. The van der Waals surface area contributed by atoms with Crippen LogP contribution in [0.2, 0.25) is 0 Å². The summed E-state index contributed by atoms with van der Waals surface area (Å²) in [4.78, 5) is 2.41. The fourth-order valence-corrected chi connectivity index (χ4v) is 1.53. The molecule has 66 valence electrons. The van der Waals surface area contributed by atoms with E-state index in [4.69, 9.17) is 10.5 Å². The Balaban J connectivity index is 2.40. The Labute approximate surface area is 68.5 Å². The molecule has 0 radical (unpaired) electrons. The first-order valence-electron chi connectivity index (χ1n) is 4.29. The van der Waals surface area contributed by atoms with Crippen LogP contribution in [0.3, 0.4) is 0 Å². The molecule has 0 aromatic carbocycles. The van der Waals surface area contributed by atoms with Crippen LogP contribution < -0.4 is 5.73 Å². The van der Waals surface area contributed by atoms with Crippen LogP contribution >= 0.6 is 0 Å². The van der Waals surface area contributed by atoms with E-state index in [-0.39, 0.29) is 0 Å². The lowest BCUT2D eigenvalue weighted by atomic mass is 10.2. The maximum absolute atomic E-state index is 5.58. The predicted molar refractivity (Wildman–Crippen MR) is 45.5 cm³/mol. The third kappa shape index (κ3) is 2.15. The zero-order valence-electron chi connectivity index (χ0n) is 7.42. The molecule has 0 saturated carbocycles. The molecule has 2 N–H and O–H groups in total. The molecule has 1 rings (SSSR count). The van der Waals surface area contributed by atoms with Crippen molar-refractivity contribution in [2.45, 2.75) is 25.9 Å². The Bertz CT molecular complexity index is 115. The van der Waals surface area contributed by atoms with Crippen molar-refractivity contribution in [1.82, 2.24) is 4.90 Å². The summed E-state index contributed by atoms with van der Waals surface area (Å²) in [6.45, 7) is 7.83. The van der Waals surface area contributed by atoms with Gasteiger partial charge in [0.1, 0.15) is 0 Å². The zero-order valence-corrected chi connectivity index (χ0v) is 7.42. The van der Waals surface area contributed by atoms with Gasteiger partial charge in [0.05, 0.1) is 13.2 Å². The maximum Gasteiger partial charge on any atom is 0.0619 e. The van der Waals surface area contributed by atoms with Crippen LogP contribution in [0.5, 0.6) is 0 Å². The van der Waals surface area contributed by atoms with Crippen molar-refractivity contribution >= 4 is 0 Å². The Kier molecular flexibility index (Phi) is 3.30. The minimum absolute atomic E-state index is 0.494. The highest BCUT2D eigenvalue weighted by molar-refractivity contribution is 4.76. The molecule has 2 atom stereocenters. The molecule has 0 aromatic heterocycles. The molecule has 3 nitrogen and oxygen atoms in total. The Morgan fingerprint density at radius 1 is 1.73 bits per heavy atom. The number of hydrogen-bond donors (Lipinski definition) is 1. The van der Waals surface area contributed by atoms with Crippen LogP contribution in [0, 0.1) is 0 Å². The van der Waals surface area contributed by atoms with Gasteiger partial charge in [-0.3, -0.25) is 4.90 Å². The van der Waals surface area contributed by atoms with Crippen LogP contribution in [0.15, 0.2) is 0 Å². The van der Waals surface area contributed by atoms with Gasteiger partial charge in [0.15, 0.2) is 0 Å². The molecule has 0 unspecified atom stereocenters. The highest BCUT2D eigenvalue weighted by atomic mass is 16.5. The second-order valence-corrected chi connectivity index (χ2v) is 3.25. The van der Waals surface area contributed by atoms with Crippen LogP contribution in [-0.4, -0.2) is 43.3 Å². The number of morpholine rings is 1. The summed E-state index contributed by atoms with van der Waals surface area (Å²) in [5.74, 6) is 0. The van der Waals surface area contributed by atoms with E-state index in [1.807, 2.05) is 0 Å². The normalized spacial score (nSPS) is 30.3. The topological polar surface area (TPSA) is 38.5 Å². The second-order valence-electron chi connectivity index (χ2n) is 3.25. The Morgan fingerprint density at radius 2 is 2.45 bits per heavy atom. The number of rotatable bonds is 2. The molecule has 11 heavy (non-hydrogen) atoms. The second kappa shape index (κ2) is 4.04. The van der Waals surface area contributed by atoms with E-state index in [0.717, 1.165) is 26.3 Å². The summed E-state index contributed by atoms with van der Waals surface area (Å²) in [6, 6.07) is 1.02. The Hall–Kier alpha value is -0.120. The number of nitrogens with zero attached hydrogens (tertiary/aromatic N) is 1. The Morgan fingerprint density at radius 3 is 3.00 bits per heavy atom. The first-order valence-corrected chi connectivity index (χ1v) is 4.29. The van der Waals surface area contributed by atoms with E-state index in [9.17, 15) is 0 Å².